The number of ether oxygens (including phenoxy) is 1. The molecule has 0 heterocycles. The Bertz CT molecular complexity index is 793. The molecule has 0 fully saturated rings. The molecule has 0 atom stereocenters. The number of halogens is 1. The topological polar surface area (TPSA) is 81.5 Å². The van der Waals surface area contributed by atoms with Crippen LogP contribution in [0.4, 0.5) is 11.4 Å². The fourth-order valence-corrected chi connectivity index (χ4v) is 2.44. The first-order valence-electron chi connectivity index (χ1n) is 7.81. The van der Waals surface area contributed by atoms with E-state index in [2.05, 4.69) is 5.32 Å². The van der Waals surface area contributed by atoms with Crippen molar-refractivity contribution in [1.82, 2.24) is 0 Å². The summed E-state index contributed by atoms with van der Waals surface area (Å²) in [7, 11) is 0. The number of amides is 1. The average Bonchev–Trinajstić information content (AvgIpc) is 2.56. The Morgan fingerprint density at radius 3 is 2.76 bits per heavy atom. The molecule has 0 saturated carbocycles. The minimum absolute atomic E-state index is 0.0323. The zero-order valence-corrected chi connectivity index (χ0v) is 14.8. The highest BCUT2D eigenvalue weighted by Crippen LogP contribution is 2.27. The van der Waals surface area contributed by atoms with Gasteiger partial charge in [-0.2, -0.15) is 0 Å². The van der Waals surface area contributed by atoms with Crippen LogP contribution in [0.1, 0.15) is 24.0 Å². The van der Waals surface area contributed by atoms with Gasteiger partial charge in [0.25, 0.3) is 5.69 Å². The monoisotopic (exact) mass is 362 g/mol. The molecule has 2 rings (SSSR count). The molecule has 1 N–H and O–H groups in total. The quantitative estimate of drug-likeness (QED) is 0.441. The van der Waals surface area contributed by atoms with E-state index in [1.54, 1.807) is 0 Å². The number of nitrogens with zero attached hydrogens (tertiary/aromatic N) is 1. The molecule has 0 unspecified atom stereocenters. The fourth-order valence-electron chi connectivity index (χ4n) is 2.25. The van der Waals surface area contributed by atoms with Crippen molar-refractivity contribution in [3.63, 3.8) is 0 Å². The Labute approximate surface area is 150 Å². The lowest BCUT2D eigenvalue weighted by molar-refractivity contribution is -0.384. The minimum Gasteiger partial charge on any atom is -0.493 e. The van der Waals surface area contributed by atoms with Crippen molar-refractivity contribution in [3.05, 3.63) is 62.7 Å². The number of benzene rings is 2. The maximum absolute atomic E-state index is 11.9. The Hall–Kier alpha value is -2.60. The number of carbonyl (C=O) groups excluding carboxylic acids is 1. The van der Waals surface area contributed by atoms with E-state index in [0.717, 1.165) is 16.9 Å². The van der Waals surface area contributed by atoms with Crippen LogP contribution in [0, 0.1) is 24.0 Å². The number of hydrogen-bond acceptors (Lipinski definition) is 4. The lowest BCUT2D eigenvalue weighted by Gasteiger charge is -2.11. The largest absolute Gasteiger partial charge is 0.493 e. The first-order chi connectivity index (χ1) is 11.9. The summed E-state index contributed by atoms with van der Waals surface area (Å²) in [6, 6.07) is 10.00. The molecule has 0 aliphatic heterocycles. The molecule has 0 bridgehead atoms. The summed E-state index contributed by atoms with van der Waals surface area (Å²) < 4.78 is 5.70. The van der Waals surface area contributed by atoms with Crippen molar-refractivity contribution in [2.45, 2.75) is 26.7 Å². The van der Waals surface area contributed by atoms with Crippen LogP contribution in [-0.4, -0.2) is 17.4 Å². The van der Waals surface area contributed by atoms with Gasteiger partial charge >= 0.3 is 0 Å². The van der Waals surface area contributed by atoms with Crippen LogP contribution in [0.3, 0.4) is 0 Å². The number of carbonyl (C=O) groups is 1. The highest BCUT2D eigenvalue weighted by molar-refractivity contribution is 6.32. The molecule has 0 aromatic heterocycles. The average molecular weight is 363 g/mol. The molecule has 2 aromatic carbocycles. The normalized spacial score (nSPS) is 10.4. The second-order valence-corrected chi connectivity index (χ2v) is 6.03. The first kappa shape index (κ1) is 18.7. The van der Waals surface area contributed by atoms with Crippen LogP contribution < -0.4 is 10.1 Å². The highest BCUT2D eigenvalue weighted by atomic mass is 35.5. The molecule has 0 radical (unpaired) electrons. The Morgan fingerprint density at radius 2 is 2.04 bits per heavy atom. The maximum Gasteiger partial charge on any atom is 0.289 e. The van der Waals surface area contributed by atoms with E-state index in [1.807, 2.05) is 32.0 Å². The predicted octanol–water partition coefficient (Wildman–Crippen LogP) is 4.66. The van der Waals surface area contributed by atoms with Crippen molar-refractivity contribution < 1.29 is 14.5 Å². The van der Waals surface area contributed by atoms with Gasteiger partial charge in [-0.15, -0.1) is 0 Å². The molecule has 0 saturated heterocycles. The minimum atomic E-state index is -0.587. The van der Waals surface area contributed by atoms with Crippen molar-refractivity contribution in [2.24, 2.45) is 0 Å². The van der Waals surface area contributed by atoms with Gasteiger partial charge in [-0.05, 0) is 49.6 Å². The highest BCUT2D eigenvalue weighted by Gasteiger charge is 2.13. The summed E-state index contributed by atoms with van der Waals surface area (Å²) in [6.45, 7) is 4.42. The third-order valence-electron chi connectivity index (χ3n) is 3.79. The van der Waals surface area contributed by atoms with E-state index in [4.69, 9.17) is 16.3 Å². The smallest absolute Gasteiger partial charge is 0.289 e. The van der Waals surface area contributed by atoms with Gasteiger partial charge in [0.15, 0.2) is 0 Å². The molecule has 1 amide bonds. The number of nitro groups is 1. The molecular formula is C18H19ClN2O4. The third kappa shape index (κ3) is 5.19. The van der Waals surface area contributed by atoms with Gasteiger partial charge in [0.05, 0.1) is 11.5 Å². The molecule has 25 heavy (non-hydrogen) atoms. The van der Waals surface area contributed by atoms with Crippen molar-refractivity contribution in [1.29, 1.82) is 0 Å². The molecule has 7 heteroatoms. The van der Waals surface area contributed by atoms with Crippen LogP contribution in [0.25, 0.3) is 0 Å². The van der Waals surface area contributed by atoms with E-state index in [-0.39, 0.29) is 23.0 Å². The van der Waals surface area contributed by atoms with Gasteiger partial charge in [-0.1, -0.05) is 23.7 Å². The standard InChI is InChI=1S/C18H19ClN2O4/c1-12-5-3-6-17(13(12)2)25-10-4-7-18(22)20-14-8-9-15(19)16(11-14)21(23)24/h3,5-6,8-9,11H,4,7,10H2,1-2H3,(H,20,22). The SMILES string of the molecule is Cc1cccc(OCCCC(=O)Nc2ccc(Cl)c([N+](=O)[O-])c2)c1C. The van der Waals surface area contributed by atoms with Crippen molar-refractivity contribution >= 4 is 28.9 Å². The Kier molecular flexibility index (Phi) is 6.36. The molecule has 0 aliphatic rings. The van der Waals surface area contributed by atoms with E-state index >= 15 is 0 Å². The molecule has 0 aliphatic carbocycles. The number of nitro benzene ring substituents is 1. The van der Waals surface area contributed by atoms with Gasteiger partial charge in [-0.3, -0.25) is 14.9 Å². The summed E-state index contributed by atoms with van der Waals surface area (Å²) in [5.74, 6) is 0.579. The summed E-state index contributed by atoms with van der Waals surface area (Å²) in [4.78, 5) is 22.2. The predicted molar refractivity (Wildman–Crippen MR) is 97.4 cm³/mol. The summed E-state index contributed by atoms with van der Waals surface area (Å²) in [6.07, 6.45) is 0.788. The van der Waals surface area contributed by atoms with Crippen molar-refractivity contribution in [2.75, 3.05) is 11.9 Å². The summed E-state index contributed by atoms with van der Waals surface area (Å²) in [5.41, 5.74) is 2.34. The van der Waals surface area contributed by atoms with Crippen LogP contribution in [-0.2, 0) is 4.79 Å². The van der Waals surface area contributed by atoms with E-state index < -0.39 is 4.92 Å². The van der Waals surface area contributed by atoms with Gasteiger partial charge in [0, 0.05) is 18.2 Å². The van der Waals surface area contributed by atoms with Gasteiger partial charge < -0.3 is 10.1 Å². The number of nitrogens with one attached hydrogen (secondary N) is 1. The van der Waals surface area contributed by atoms with E-state index in [9.17, 15) is 14.9 Å². The second-order valence-electron chi connectivity index (χ2n) is 5.62. The Balaban J connectivity index is 1.82. The molecule has 132 valence electrons. The fraction of sp³-hybridized carbons (Fsp3) is 0.278. The van der Waals surface area contributed by atoms with Gasteiger partial charge in [-0.25, -0.2) is 0 Å². The maximum atomic E-state index is 11.9. The van der Waals surface area contributed by atoms with Crippen LogP contribution in [0.15, 0.2) is 36.4 Å². The third-order valence-corrected chi connectivity index (χ3v) is 4.11. The van der Waals surface area contributed by atoms with Gasteiger partial charge in [0.1, 0.15) is 10.8 Å². The summed E-state index contributed by atoms with van der Waals surface area (Å²) in [5, 5.41) is 13.5. The number of hydrogen-bond donors (Lipinski definition) is 1. The van der Waals surface area contributed by atoms with Crippen LogP contribution in [0.5, 0.6) is 5.75 Å². The van der Waals surface area contributed by atoms with E-state index in [0.29, 0.717) is 18.7 Å². The molecule has 0 spiro atoms. The number of rotatable bonds is 7. The van der Waals surface area contributed by atoms with E-state index in [1.165, 1.54) is 18.2 Å². The first-order valence-corrected chi connectivity index (χ1v) is 8.19. The van der Waals surface area contributed by atoms with Gasteiger partial charge in [0.2, 0.25) is 5.91 Å². The Morgan fingerprint density at radius 1 is 1.28 bits per heavy atom. The van der Waals surface area contributed by atoms with Crippen LogP contribution in [0.2, 0.25) is 5.02 Å². The second kappa shape index (κ2) is 8.48. The lowest BCUT2D eigenvalue weighted by atomic mass is 10.1. The lowest BCUT2D eigenvalue weighted by Crippen LogP contribution is -2.13. The molecular weight excluding hydrogens is 344 g/mol. The summed E-state index contributed by atoms with van der Waals surface area (Å²) >= 11 is 5.74. The zero-order valence-electron chi connectivity index (χ0n) is 14.0. The van der Waals surface area contributed by atoms with Crippen LogP contribution >= 0.6 is 11.6 Å². The number of anilines is 1. The molecule has 2 aromatic rings. The van der Waals surface area contributed by atoms with Crippen molar-refractivity contribution in [3.8, 4) is 5.75 Å². The number of aryl methyl sites for hydroxylation is 1. The zero-order chi connectivity index (χ0) is 18.4. The molecule has 6 nitrogen and oxygen atoms in total.